The normalized spacial score (nSPS) is 10.4. The maximum atomic E-state index is 13.8. The number of nitrogens with zero attached hydrogens (tertiary/aromatic N) is 2. The smallest absolute Gasteiger partial charge is 0.176 e. The molecule has 0 atom stereocenters. The summed E-state index contributed by atoms with van der Waals surface area (Å²) in [4.78, 5) is 0. The van der Waals surface area contributed by atoms with Crippen LogP contribution in [0.2, 0.25) is 0 Å². The molecule has 0 unspecified atom stereocenters. The third-order valence-corrected chi connectivity index (χ3v) is 4.63. The maximum Gasteiger partial charge on any atom is 0.176 e. The summed E-state index contributed by atoms with van der Waals surface area (Å²) < 4.78 is 26.7. The van der Waals surface area contributed by atoms with Crippen LogP contribution in [-0.2, 0) is 6.54 Å². The number of halogens is 2. The minimum Gasteiger partial charge on any atom is -0.497 e. The first-order valence-electron chi connectivity index (χ1n) is 8.26. The summed E-state index contributed by atoms with van der Waals surface area (Å²) in [6, 6.07) is 11.9. The molecule has 2 aromatic carbocycles. The van der Waals surface area contributed by atoms with E-state index >= 15 is 0 Å². The van der Waals surface area contributed by atoms with Gasteiger partial charge in [-0.3, -0.25) is 4.68 Å². The number of hydrogen-bond donors (Lipinski definition) is 2. The molecule has 0 amide bonds. The van der Waals surface area contributed by atoms with Crippen molar-refractivity contribution in [2.75, 3.05) is 24.9 Å². The lowest BCUT2D eigenvalue weighted by atomic mass is 10.2. The standard InChI is InChI=1S/C19H18BrFN4O2S/c1-26-14-7-13(8-15(9-14)27-2)22-19(28)23-18-16(20)11-25(24-18)10-12-5-3-4-6-17(12)21/h3-9,11H,10H2,1-2H3,(H2,22,23,24,28). The van der Waals surface area contributed by atoms with Crippen LogP contribution in [0.1, 0.15) is 5.56 Å². The molecule has 1 heterocycles. The first-order chi connectivity index (χ1) is 13.5. The van der Waals surface area contributed by atoms with E-state index in [4.69, 9.17) is 21.7 Å². The van der Waals surface area contributed by atoms with E-state index in [9.17, 15) is 4.39 Å². The molecular formula is C19H18BrFN4O2S. The number of aromatic nitrogens is 2. The van der Waals surface area contributed by atoms with E-state index in [1.807, 2.05) is 0 Å². The van der Waals surface area contributed by atoms with E-state index in [-0.39, 0.29) is 5.82 Å². The minimum absolute atomic E-state index is 0.271. The SMILES string of the molecule is COc1cc(NC(=S)Nc2nn(Cc3ccccc3F)cc2Br)cc(OC)c1. The summed E-state index contributed by atoms with van der Waals surface area (Å²) >= 11 is 8.80. The van der Waals surface area contributed by atoms with Crippen LogP contribution in [0.25, 0.3) is 0 Å². The van der Waals surface area contributed by atoms with Crippen molar-refractivity contribution in [2.45, 2.75) is 6.54 Å². The van der Waals surface area contributed by atoms with E-state index < -0.39 is 0 Å². The Bertz CT molecular complexity index is 974. The Labute approximate surface area is 175 Å². The fourth-order valence-corrected chi connectivity index (χ4v) is 3.14. The number of benzene rings is 2. The molecule has 3 aromatic rings. The minimum atomic E-state index is -0.271. The molecule has 1 aromatic heterocycles. The maximum absolute atomic E-state index is 13.8. The van der Waals surface area contributed by atoms with Crippen molar-refractivity contribution in [1.29, 1.82) is 0 Å². The summed E-state index contributed by atoms with van der Waals surface area (Å²) in [7, 11) is 3.16. The van der Waals surface area contributed by atoms with Gasteiger partial charge in [0, 0.05) is 35.6 Å². The Hall–Kier alpha value is -2.65. The second kappa shape index (κ2) is 9.03. The van der Waals surface area contributed by atoms with Crippen LogP contribution in [0.5, 0.6) is 11.5 Å². The highest BCUT2D eigenvalue weighted by Gasteiger charge is 2.11. The Morgan fingerprint density at radius 1 is 1.14 bits per heavy atom. The average Bonchev–Trinajstić information content (AvgIpc) is 3.02. The predicted molar refractivity (Wildman–Crippen MR) is 115 cm³/mol. The highest BCUT2D eigenvalue weighted by Crippen LogP contribution is 2.26. The molecule has 0 aliphatic heterocycles. The molecule has 3 rings (SSSR count). The van der Waals surface area contributed by atoms with E-state index in [0.717, 1.165) is 0 Å². The molecule has 9 heteroatoms. The summed E-state index contributed by atoms with van der Waals surface area (Å²) in [5.74, 6) is 1.52. The Kier molecular flexibility index (Phi) is 6.48. The number of rotatable bonds is 6. The molecule has 0 radical (unpaired) electrons. The van der Waals surface area contributed by atoms with Gasteiger partial charge in [0.25, 0.3) is 0 Å². The van der Waals surface area contributed by atoms with Gasteiger partial charge in [-0.1, -0.05) is 18.2 Å². The zero-order chi connectivity index (χ0) is 20.1. The van der Waals surface area contributed by atoms with Crippen molar-refractivity contribution < 1.29 is 13.9 Å². The van der Waals surface area contributed by atoms with E-state index in [2.05, 4.69) is 31.7 Å². The third-order valence-electron chi connectivity index (χ3n) is 3.85. The van der Waals surface area contributed by atoms with Crippen LogP contribution < -0.4 is 20.1 Å². The molecular weight excluding hydrogens is 447 g/mol. The number of anilines is 2. The van der Waals surface area contributed by atoms with Gasteiger partial charge in [0.15, 0.2) is 10.9 Å². The second-order valence-electron chi connectivity index (χ2n) is 5.80. The van der Waals surface area contributed by atoms with Crippen LogP contribution in [0.4, 0.5) is 15.9 Å². The zero-order valence-corrected chi connectivity index (χ0v) is 17.6. The fraction of sp³-hybridized carbons (Fsp3) is 0.158. The number of hydrogen-bond acceptors (Lipinski definition) is 4. The highest BCUT2D eigenvalue weighted by molar-refractivity contribution is 9.10. The van der Waals surface area contributed by atoms with Gasteiger partial charge in [0.2, 0.25) is 0 Å². The van der Waals surface area contributed by atoms with Crippen molar-refractivity contribution in [3.05, 3.63) is 64.5 Å². The first-order valence-corrected chi connectivity index (χ1v) is 9.46. The summed E-state index contributed by atoms with van der Waals surface area (Å²) in [6.45, 7) is 0.306. The Morgan fingerprint density at radius 3 is 2.46 bits per heavy atom. The van der Waals surface area contributed by atoms with Crippen LogP contribution in [0, 0.1) is 5.82 Å². The second-order valence-corrected chi connectivity index (χ2v) is 7.06. The van der Waals surface area contributed by atoms with Crippen LogP contribution in [0.3, 0.4) is 0 Å². The first kappa shape index (κ1) is 20.1. The van der Waals surface area contributed by atoms with Gasteiger partial charge in [-0.05, 0) is 34.2 Å². The number of thiocarbonyl (C=S) groups is 1. The van der Waals surface area contributed by atoms with E-state index in [0.29, 0.717) is 44.7 Å². The highest BCUT2D eigenvalue weighted by atomic mass is 79.9. The number of nitrogens with one attached hydrogen (secondary N) is 2. The van der Waals surface area contributed by atoms with Crippen molar-refractivity contribution in [2.24, 2.45) is 0 Å². The van der Waals surface area contributed by atoms with Gasteiger partial charge in [0.1, 0.15) is 17.3 Å². The molecule has 0 spiro atoms. The van der Waals surface area contributed by atoms with Crippen molar-refractivity contribution in [3.63, 3.8) is 0 Å². The van der Waals surface area contributed by atoms with Gasteiger partial charge in [-0.2, -0.15) is 5.10 Å². The quantitative estimate of drug-likeness (QED) is 0.517. The van der Waals surface area contributed by atoms with Crippen molar-refractivity contribution in [1.82, 2.24) is 9.78 Å². The lowest BCUT2D eigenvalue weighted by molar-refractivity contribution is 0.395. The van der Waals surface area contributed by atoms with E-state index in [1.54, 1.807) is 61.5 Å². The molecule has 28 heavy (non-hydrogen) atoms. The van der Waals surface area contributed by atoms with E-state index in [1.165, 1.54) is 6.07 Å². The Balaban J connectivity index is 1.69. The fourth-order valence-electron chi connectivity index (χ4n) is 2.51. The van der Waals surface area contributed by atoms with Crippen LogP contribution in [-0.4, -0.2) is 29.1 Å². The third kappa shape index (κ3) is 4.99. The van der Waals surface area contributed by atoms with Crippen molar-refractivity contribution >= 4 is 44.8 Å². The van der Waals surface area contributed by atoms with Crippen molar-refractivity contribution in [3.8, 4) is 11.5 Å². The lowest BCUT2D eigenvalue weighted by Crippen LogP contribution is -2.20. The van der Waals surface area contributed by atoms with Gasteiger partial charge in [0.05, 0.1) is 25.2 Å². The zero-order valence-electron chi connectivity index (χ0n) is 15.2. The topological polar surface area (TPSA) is 60.3 Å². The molecule has 0 aliphatic rings. The average molecular weight is 465 g/mol. The molecule has 0 bridgehead atoms. The number of methoxy groups -OCH3 is 2. The number of ether oxygens (including phenoxy) is 2. The van der Waals surface area contributed by atoms with Crippen LogP contribution in [0.15, 0.2) is 53.1 Å². The largest absolute Gasteiger partial charge is 0.497 e. The van der Waals surface area contributed by atoms with Gasteiger partial charge in [-0.25, -0.2) is 4.39 Å². The molecule has 0 saturated heterocycles. The Morgan fingerprint density at radius 2 is 1.82 bits per heavy atom. The van der Waals surface area contributed by atoms with Gasteiger partial charge < -0.3 is 20.1 Å². The predicted octanol–water partition coefficient (Wildman–Crippen LogP) is 4.66. The molecule has 0 aliphatic carbocycles. The molecule has 0 saturated carbocycles. The molecule has 6 nitrogen and oxygen atoms in total. The summed E-state index contributed by atoms with van der Waals surface area (Å²) in [5, 5.41) is 10.8. The van der Waals surface area contributed by atoms with Gasteiger partial charge in [-0.15, -0.1) is 0 Å². The summed E-state index contributed by atoms with van der Waals surface area (Å²) in [6.07, 6.45) is 1.76. The monoisotopic (exact) mass is 464 g/mol. The molecule has 146 valence electrons. The van der Waals surface area contributed by atoms with Gasteiger partial charge >= 0.3 is 0 Å². The molecule has 2 N–H and O–H groups in total. The lowest BCUT2D eigenvalue weighted by Gasteiger charge is -2.12. The molecule has 0 fully saturated rings. The summed E-state index contributed by atoms with van der Waals surface area (Å²) in [5.41, 5.74) is 1.25. The van der Waals surface area contributed by atoms with Crippen LogP contribution >= 0.6 is 28.1 Å².